The van der Waals surface area contributed by atoms with Crippen molar-refractivity contribution in [3.05, 3.63) is 65.5 Å². The van der Waals surface area contributed by atoms with Gasteiger partial charge >= 0.3 is 0 Å². The molecule has 0 saturated heterocycles. The lowest BCUT2D eigenvalue weighted by atomic mass is 10.1. The summed E-state index contributed by atoms with van der Waals surface area (Å²) < 4.78 is 0. The van der Waals surface area contributed by atoms with Crippen molar-refractivity contribution in [1.29, 1.82) is 0 Å². The van der Waals surface area contributed by atoms with Crippen molar-refractivity contribution in [1.82, 2.24) is 9.88 Å². The summed E-state index contributed by atoms with van der Waals surface area (Å²) in [6.07, 6.45) is 4.54. The summed E-state index contributed by atoms with van der Waals surface area (Å²) in [7, 11) is 1.96. The van der Waals surface area contributed by atoms with Crippen molar-refractivity contribution < 1.29 is 4.79 Å². The summed E-state index contributed by atoms with van der Waals surface area (Å²) in [4.78, 5) is 18.2. The van der Waals surface area contributed by atoms with E-state index in [4.69, 9.17) is 0 Å². The molecule has 0 bridgehead atoms. The van der Waals surface area contributed by atoms with Crippen LogP contribution in [0.3, 0.4) is 0 Å². The minimum atomic E-state index is 0.157. The fourth-order valence-electron chi connectivity index (χ4n) is 2.12. The second kappa shape index (κ2) is 6.96. The maximum atomic E-state index is 12.2. The van der Waals surface area contributed by atoms with E-state index in [1.807, 2.05) is 48.3 Å². The summed E-state index contributed by atoms with van der Waals surface area (Å²) in [5.41, 5.74) is 3.20. The Bertz CT molecular complexity index is 549. The summed E-state index contributed by atoms with van der Waals surface area (Å²) >= 11 is 0. The van der Waals surface area contributed by atoms with Crippen molar-refractivity contribution in [3.8, 4) is 0 Å². The van der Waals surface area contributed by atoms with Crippen LogP contribution < -0.4 is 0 Å². The molecule has 0 N–H and O–H groups in total. The molecule has 20 heavy (non-hydrogen) atoms. The molecule has 1 aromatic heterocycles. The SMILES string of the molecule is CCc1ccc(C(=O)CN(C)Cc2ccncc2)cc1. The predicted molar refractivity (Wildman–Crippen MR) is 80.7 cm³/mol. The Labute approximate surface area is 120 Å². The number of aryl methyl sites for hydroxylation is 1. The molecule has 0 aliphatic rings. The molecule has 0 amide bonds. The maximum Gasteiger partial charge on any atom is 0.176 e. The third-order valence-corrected chi connectivity index (χ3v) is 3.30. The van der Waals surface area contributed by atoms with Crippen LogP contribution in [0, 0.1) is 0 Å². The van der Waals surface area contributed by atoms with Gasteiger partial charge in [-0.05, 0) is 36.7 Å². The highest BCUT2D eigenvalue weighted by Crippen LogP contribution is 2.08. The highest BCUT2D eigenvalue weighted by atomic mass is 16.1. The van der Waals surface area contributed by atoms with Gasteiger partial charge in [0.2, 0.25) is 0 Å². The molecule has 0 aliphatic carbocycles. The molecule has 0 saturated carbocycles. The lowest BCUT2D eigenvalue weighted by Crippen LogP contribution is -2.25. The molecular formula is C17H20N2O. The van der Waals surface area contributed by atoms with Crippen LogP contribution in [0.4, 0.5) is 0 Å². The zero-order valence-corrected chi connectivity index (χ0v) is 12.0. The Hall–Kier alpha value is -2.00. The molecule has 3 heteroatoms. The number of likely N-dealkylation sites (N-methyl/N-ethyl adjacent to an activating group) is 1. The third kappa shape index (κ3) is 4.00. The largest absolute Gasteiger partial charge is 0.295 e. The van der Waals surface area contributed by atoms with Crippen LogP contribution in [-0.4, -0.2) is 29.3 Å². The number of aromatic nitrogens is 1. The first kappa shape index (κ1) is 14.4. The highest BCUT2D eigenvalue weighted by molar-refractivity contribution is 5.97. The molecule has 0 atom stereocenters. The highest BCUT2D eigenvalue weighted by Gasteiger charge is 2.09. The number of carbonyl (C=O) groups excluding carboxylic acids is 1. The van der Waals surface area contributed by atoms with Gasteiger partial charge < -0.3 is 0 Å². The van der Waals surface area contributed by atoms with Gasteiger partial charge in [-0.3, -0.25) is 14.7 Å². The fourth-order valence-corrected chi connectivity index (χ4v) is 2.12. The molecule has 0 unspecified atom stereocenters. The average molecular weight is 268 g/mol. The van der Waals surface area contributed by atoms with E-state index < -0.39 is 0 Å². The van der Waals surface area contributed by atoms with Gasteiger partial charge in [-0.15, -0.1) is 0 Å². The number of carbonyl (C=O) groups is 1. The van der Waals surface area contributed by atoms with Crippen molar-refractivity contribution in [2.45, 2.75) is 19.9 Å². The summed E-state index contributed by atoms with van der Waals surface area (Å²) in [5, 5.41) is 0. The van der Waals surface area contributed by atoms with Gasteiger partial charge in [-0.25, -0.2) is 0 Å². The number of ketones is 1. The van der Waals surface area contributed by atoms with Gasteiger partial charge in [0.15, 0.2) is 5.78 Å². The predicted octanol–water partition coefficient (Wildman–Crippen LogP) is 2.96. The Morgan fingerprint density at radius 3 is 2.30 bits per heavy atom. The quantitative estimate of drug-likeness (QED) is 0.755. The maximum absolute atomic E-state index is 12.2. The first-order valence-electron chi connectivity index (χ1n) is 6.88. The van der Waals surface area contributed by atoms with E-state index in [0.717, 1.165) is 24.1 Å². The fraction of sp³-hybridized carbons (Fsp3) is 0.294. The Balaban J connectivity index is 1.93. The molecular weight excluding hydrogens is 248 g/mol. The zero-order chi connectivity index (χ0) is 14.4. The van der Waals surface area contributed by atoms with Crippen LogP contribution in [0.5, 0.6) is 0 Å². The van der Waals surface area contributed by atoms with E-state index in [1.165, 1.54) is 5.56 Å². The van der Waals surface area contributed by atoms with Crippen molar-refractivity contribution in [2.75, 3.05) is 13.6 Å². The molecule has 104 valence electrons. The molecule has 1 aromatic carbocycles. The number of hydrogen-bond donors (Lipinski definition) is 0. The number of hydrogen-bond acceptors (Lipinski definition) is 3. The van der Waals surface area contributed by atoms with Crippen LogP contribution in [-0.2, 0) is 13.0 Å². The topological polar surface area (TPSA) is 33.2 Å². The molecule has 0 radical (unpaired) electrons. The smallest absolute Gasteiger partial charge is 0.176 e. The summed E-state index contributed by atoms with van der Waals surface area (Å²) in [6, 6.07) is 11.8. The molecule has 1 heterocycles. The lowest BCUT2D eigenvalue weighted by molar-refractivity contribution is 0.0943. The van der Waals surface area contributed by atoms with Gasteiger partial charge in [-0.1, -0.05) is 31.2 Å². The molecule has 0 fully saturated rings. The summed E-state index contributed by atoms with van der Waals surface area (Å²) in [5.74, 6) is 0.157. The van der Waals surface area contributed by atoms with Crippen molar-refractivity contribution in [2.24, 2.45) is 0 Å². The van der Waals surface area contributed by atoms with Crippen LogP contribution in [0.25, 0.3) is 0 Å². The van der Waals surface area contributed by atoms with Crippen LogP contribution in [0.2, 0.25) is 0 Å². The van der Waals surface area contributed by atoms with Gasteiger partial charge in [0.1, 0.15) is 0 Å². The Morgan fingerprint density at radius 1 is 1.05 bits per heavy atom. The second-order valence-corrected chi connectivity index (χ2v) is 5.00. The first-order valence-corrected chi connectivity index (χ1v) is 6.88. The van der Waals surface area contributed by atoms with E-state index in [9.17, 15) is 4.79 Å². The average Bonchev–Trinajstić information content (AvgIpc) is 2.48. The van der Waals surface area contributed by atoms with Crippen molar-refractivity contribution >= 4 is 5.78 Å². The molecule has 0 aliphatic heterocycles. The Kier molecular flexibility index (Phi) is 5.02. The normalized spacial score (nSPS) is 10.8. The van der Waals surface area contributed by atoms with Crippen molar-refractivity contribution in [3.63, 3.8) is 0 Å². The van der Waals surface area contributed by atoms with Gasteiger partial charge in [-0.2, -0.15) is 0 Å². The standard InChI is InChI=1S/C17H20N2O/c1-3-14-4-6-16(7-5-14)17(20)13-19(2)12-15-8-10-18-11-9-15/h4-11H,3,12-13H2,1-2H3. The molecule has 3 nitrogen and oxygen atoms in total. The number of benzene rings is 1. The zero-order valence-electron chi connectivity index (χ0n) is 12.0. The van der Waals surface area contributed by atoms with E-state index in [1.54, 1.807) is 12.4 Å². The number of Topliss-reactive ketones (excluding diaryl/α,β-unsaturated/α-hetero) is 1. The molecule has 0 spiro atoms. The second-order valence-electron chi connectivity index (χ2n) is 5.00. The minimum Gasteiger partial charge on any atom is -0.295 e. The molecule has 2 rings (SSSR count). The third-order valence-electron chi connectivity index (χ3n) is 3.30. The number of pyridine rings is 1. The Morgan fingerprint density at radius 2 is 1.70 bits per heavy atom. The number of nitrogens with zero attached hydrogens (tertiary/aromatic N) is 2. The lowest BCUT2D eigenvalue weighted by Gasteiger charge is -2.15. The van der Waals surface area contributed by atoms with Crippen LogP contribution in [0.1, 0.15) is 28.4 Å². The number of rotatable bonds is 6. The first-order chi connectivity index (χ1) is 9.69. The van der Waals surface area contributed by atoms with Gasteiger partial charge in [0.05, 0.1) is 6.54 Å². The van der Waals surface area contributed by atoms with E-state index in [2.05, 4.69) is 11.9 Å². The van der Waals surface area contributed by atoms with E-state index in [-0.39, 0.29) is 5.78 Å². The van der Waals surface area contributed by atoms with E-state index >= 15 is 0 Å². The van der Waals surface area contributed by atoms with Crippen LogP contribution >= 0.6 is 0 Å². The monoisotopic (exact) mass is 268 g/mol. The van der Waals surface area contributed by atoms with Gasteiger partial charge in [0, 0.05) is 24.5 Å². The van der Waals surface area contributed by atoms with E-state index in [0.29, 0.717) is 6.54 Å². The van der Waals surface area contributed by atoms with Gasteiger partial charge in [0.25, 0.3) is 0 Å². The summed E-state index contributed by atoms with van der Waals surface area (Å²) in [6.45, 7) is 3.29. The molecule has 2 aromatic rings. The minimum absolute atomic E-state index is 0.157. The van der Waals surface area contributed by atoms with Crippen LogP contribution in [0.15, 0.2) is 48.8 Å².